The van der Waals surface area contributed by atoms with Crippen molar-refractivity contribution >= 4 is 71.1 Å². The molecule has 3 heterocycles. The van der Waals surface area contributed by atoms with Gasteiger partial charge >= 0.3 is 5.97 Å². The van der Waals surface area contributed by atoms with Crippen molar-refractivity contribution in [3.05, 3.63) is 108 Å². The molecule has 0 saturated carbocycles. The molecule has 3 fully saturated rings. The lowest BCUT2D eigenvalue weighted by molar-refractivity contribution is -0.152. The number of carbonyl (C=O) groups is 10. The van der Waals surface area contributed by atoms with Crippen LogP contribution in [-0.4, -0.2) is 185 Å². The number of carboxylic acids is 1. The van der Waals surface area contributed by atoms with Crippen LogP contribution in [0.2, 0.25) is 0 Å². The highest BCUT2D eigenvalue weighted by molar-refractivity contribution is 5.98. The average molecular weight is 1190 g/mol. The molecule has 3 aliphatic rings. The molecule has 0 radical (unpaired) electrons. The number of benzene rings is 3. The number of guanidine groups is 2. The van der Waals surface area contributed by atoms with E-state index in [2.05, 4.69) is 41.9 Å². The first-order valence-corrected chi connectivity index (χ1v) is 29.2. The molecule has 3 aliphatic heterocycles. The number of amides is 9. The second-order valence-electron chi connectivity index (χ2n) is 21.6. The van der Waals surface area contributed by atoms with Crippen LogP contribution in [0.3, 0.4) is 0 Å². The fourth-order valence-electron chi connectivity index (χ4n) is 10.8. The van der Waals surface area contributed by atoms with Crippen LogP contribution >= 0.6 is 0 Å². The minimum atomic E-state index is -1.49. The van der Waals surface area contributed by atoms with E-state index < -0.39 is 114 Å². The summed E-state index contributed by atoms with van der Waals surface area (Å²) in [6.07, 6.45) is 1.76. The van der Waals surface area contributed by atoms with E-state index in [4.69, 9.17) is 28.7 Å². The molecule has 0 unspecified atom stereocenters. The third kappa shape index (κ3) is 20.3. The average Bonchev–Trinajstić information content (AvgIpc) is 3.25. The lowest BCUT2D eigenvalue weighted by atomic mass is 10.00. The third-order valence-electron chi connectivity index (χ3n) is 15.2. The Balaban J connectivity index is 1.20. The number of carbonyl (C=O) groups excluding carboxylic acids is 9. The summed E-state index contributed by atoms with van der Waals surface area (Å²) < 4.78 is 0. The summed E-state index contributed by atoms with van der Waals surface area (Å²) in [5.74, 6) is -7.60. The Bertz CT molecular complexity index is 2870. The number of likely N-dealkylation sites (tertiary alicyclic amines) is 2. The molecule has 3 saturated heterocycles. The molecule has 27 heteroatoms. The van der Waals surface area contributed by atoms with Gasteiger partial charge in [0, 0.05) is 65.0 Å². The van der Waals surface area contributed by atoms with Crippen LogP contribution in [0.1, 0.15) is 87.3 Å². The monoisotopic (exact) mass is 1190 g/mol. The number of rotatable bonds is 24. The molecular weight excluding hydrogens is 1110 g/mol. The third-order valence-corrected chi connectivity index (χ3v) is 15.2. The Hall–Kier alpha value is -9.14. The summed E-state index contributed by atoms with van der Waals surface area (Å²) in [5.41, 5.74) is 29.9. The lowest BCUT2D eigenvalue weighted by Crippen LogP contribution is -2.60. The Kier molecular flexibility index (Phi) is 25.6. The van der Waals surface area contributed by atoms with Gasteiger partial charge < -0.3 is 80.4 Å². The van der Waals surface area contributed by atoms with Crippen molar-refractivity contribution in [2.24, 2.45) is 38.7 Å². The maximum absolute atomic E-state index is 14.9. The second-order valence-corrected chi connectivity index (χ2v) is 21.6. The Labute approximate surface area is 499 Å². The molecule has 0 spiro atoms. The first-order chi connectivity index (χ1) is 41.3. The normalized spacial score (nSPS) is 20.7. The van der Waals surface area contributed by atoms with Crippen LogP contribution in [0.25, 0.3) is 0 Å². The maximum atomic E-state index is 14.9. The van der Waals surface area contributed by atoms with Gasteiger partial charge in [-0.3, -0.25) is 53.1 Å². The van der Waals surface area contributed by atoms with E-state index in [1.54, 1.807) is 91.0 Å². The van der Waals surface area contributed by atoms with Crippen LogP contribution in [-0.2, 0) is 67.2 Å². The number of nitrogens with zero attached hydrogens (tertiary/aromatic N) is 5. The number of hydrogen-bond donors (Lipinski definition) is 12. The van der Waals surface area contributed by atoms with Crippen LogP contribution in [0.5, 0.6) is 0 Å². The number of nitrogens with two attached hydrogens (primary N) is 5. The molecule has 0 aromatic heterocycles. The van der Waals surface area contributed by atoms with Crippen LogP contribution in [0, 0.1) is 0 Å². The van der Waals surface area contributed by atoms with Crippen molar-refractivity contribution in [2.45, 2.75) is 138 Å². The zero-order chi connectivity index (χ0) is 62.1. The van der Waals surface area contributed by atoms with Gasteiger partial charge in [-0.05, 0) is 80.9 Å². The summed E-state index contributed by atoms with van der Waals surface area (Å²) in [4.78, 5) is 153. The molecule has 3 aromatic rings. The highest BCUT2D eigenvalue weighted by atomic mass is 16.4. The van der Waals surface area contributed by atoms with Gasteiger partial charge in [0.15, 0.2) is 11.9 Å². The molecule has 27 nitrogen and oxygen atoms in total. The number of nitrogens with one attached hydrogen (secondary N) is 6. The Morgan fingerprint density at radius 1 is 0.663 bits per heavy atom. The van der Waals surface area contributed by atoms with Gasteiger partial charge in [-0.2, -0.15) is 0 Å². The molecule has 17 N–H and O–H groups in total. The lowest BCUT2D eigenvalue weighted by Gasteiger charge is -2.33. The van der Waals surface area contributed by atoms with E-state index in [9.17, 15) is 53.1 Å². The van der Waals surface area contributed by atoms with Crippen molar-refractivity contribution in [3.63, 3.8) is 0 Å². The van der Waals surface area contributed by atoms with Gasteiger partial charge in [0.1, 0.15) is 42.3 Å². The van der Waals surface area contributed by atoms with Crippen molar-refractivity contribution in [1.82, 2.24) is 46.6 Å². The molecule has 3 aromatic carbocycles. The highest BCUT2D eigenvalue weighted by Gasteiger charge is 2.43. The summed E-state index contributed by atoms with van der Waals surface area (Å²) >= 11 is 0. The minimum Gasteiger partial charge on any atom is -0.480 e. The molecule has 9 amide bonds. The zero-order valence-corrected chi connectivity index (χ0v) is 48.3. The molecular formula is C59H82N16O11. The summed E-state index contributed by atoms with van der Waals surface area (Å²) in [6, 6.07) is 16.4. The Morgan fingerprint density at radius 3 is 1.83 bits per heavy atom. The van der Waals surface area contributed by atoms with Crippen molar-refractivity contribution in [2.75, 3.05) is 45.8 Å². The standard InChI is InChI=1S/C59H82N16O11/c60-40(21-10-27-66-58(61)62)54(82)74-31-13-24-46(74)56(84)73-30-12-23-45(73)53(81)68-36-49(77)69-42(33-37-15-4-1-5-16-37)51(79)70-41-25-26-48(76)65-29-14-32-75(47(57(85)86)22-11-28-67-59(63)64)55(83)44(35-39-19-8-3-9-20-39)72-52(80)43(71-50(41)78)34-38-17-6-2-7-18-38/h1-9,15-20,40-47H,10-14,21-36,60H2,(H,65,76)(H,68,81)(H,69,77)(H,70,79)(H,71,78)(H,72,80)(H,85,86)(H4,61,62,66)(H4,63,64,67)/t40-,41-,42-,43+,44-,45-,46-,47+/m0/s1. The number of aliphatic carboxylic acids is 1. The number of hydrogen-bond acceptors (Lipinski definition) is 13. The van der Waals surface area contributed by atoms with Crippen molar-refractivity contribution < 1.29 is 53.1 Å². The molecule has 86 heavy (non-hydrogen) atoms. The van der Waals surface area contributed by atoms with Gasteiger partial charge in [0.2, 0.25) is 53.2 Å². The minimum absolute atomic E-state index is 0.0302. The molecule has 8 atom stereocenters. The van der Waals surface area contributed by atoms with E-state index in [-0.39, 0.29) is 102 Å². The second kappa shape index (κ2) is 33.4. The first kappa shape index (κ1) is 66.0. The first-order valence-electron chi connectivity index (χ1n) is 29.2. The fourth-order valence-corrected chi connectivity index (χ4v) is 10.8. The van der Waals surface area contributed by atoms with Gasteiger partial charge in [0.25, 0.3) is 0 Å². The highest BCUT2D eigenvalue weighted by Crippen LogP contribution is 2.26. The van der Waals surface area contributed by atoms with E-state index in [1.807, 2.05) is 0 Å². The quantitative estimate of drug-likeness (QED) is 0.0257. The molecule has 464 valence electrons. The predicted molar refractivity (Wildman–Crippen MR) is 318 cm³/mol. The van der Waals surface area contributed by atoms with Gasteiger partial charge in [-0.15, -0.1) is 0 Å². The maximum Gasteiger partial charge on any atom is 0.326 e. The van der Waals surface area contributed by atoms with E-state index in [1.165, 1.54) is 14.7 Å². The topological polar surface area (TPSA) is 428 Å². The molecule has 0 bridgehead atoms. The fraction of sp³-hybridized carbons (Fsp3) is 0.492. The van der Waals surface area contributed by atoms with Crippen LogP contribution in [0.15, 0.2) is 101 Å². The van der Waals surface area contributed by atoms with Gasteiger partial charge in [-0.25, -0.2) is 4.79 Å². The number of carboxylic acid groups (broad SMARTS) is 1. The van der Waals surface area contributed by atoms with Crippen LogP contribution in [0.4, 0.5) is 0 Å². The van der Waals surface area contributed by atoms with Gasteiger partial charge in [0.05, 0.1) is 12.6 Å². The van der Waals surface area contributed by atoms with Crippen molar-refractivity contribution in [3.8, 4) is 0 Å². The summed E-state index contributed by atoms with van der Waals surface area (Å²) in [7, 11) is 0. The molecule has 0 aliphatic carbocycles. The van der Waals surface area contributed by atoms with E-state index in [0.29, 0.717) is 55.3 Å². The Morgan fingerprint density at radius 2 is 1.22 bits per heavy atom. The van der Waals surface area contributed by atoms with Gasteiger partial charge in [-0.1, -0.05) is 91.0 Å². The predicted octanol–water partition coefficient (Wildman–Crippen LogP) is -2.23. The summed E-state index contributed by atoms with van der Waals surface area (Å²) in [6.45, 7) is 0.137. The van der Waals surface area contributed by atoms with Crippen LogP contribution < -0.4 is 60.6 Å². The van der Waals surface area contributed by atoms with E-state index >= 15 is 0 Å². The van der Waals surface area contributed by atoms with E-state index in [0.717, 1.165) is 0 Å². The zero-order valence-electron chi connectivity index (χ0n) is 48.3. The SMILES string of the molecule is NC(N)=NCCC[C@H](C(=O)O)N1CCCNC(=O)CC[C@H](NC(=O)[C@H](Cc2ccccc2)NC(=O)CNC(=O)[C@@H]2CCCN2C(=O)[C@@H]2CCCN2C(=O)[C@@H](N)CCCN=C(N)N)C(=O)N[C@H](Cc2ccccc2)C(=O)N[C@@H](Cc2ccccc2)C1=O. The largest absolute Gasteiger partial charge is 0.480 e. The number of aliphatic imine (C=N–C) groups is 2. The smallest absolute Gasteiger partial charge is 0.326 e. The summed E-state index contributed by atoms with van der Waals surface area (Å²) in [5, 5.41) is 26.9. The van der Waals surface area contributed by atoms with Crippen molar-refractivity contribution in [1.29, 1.82) is 0 Å². The molecule has 6 rings (SSSR count).